The van der Waals surface area contributed by atoms with E-state index in [0.29, 0.717) is 0 Å². The van der Waals surface area contributed by atoms with Gasteiger partial charge in [-0.25, -0.2) is 0 Å². The Labute approximate surface area is 65.1 Å². The molecule has 0 aliphatic rings. The first-order chi connectivity index (χ1) is 1.41. The zero-order valence-electron chi connectivity index (χ0n) is 1.46. The van der Waals surface area contributed by atoms with Crippen LogP contribution in [-0.2, 0) is 0 Å². The molecule has 0 unspecified atom stereocenters. The van der Waals surface area contributed by atoms with Gasteiger partial charge < -0.3 is 0 Å². The second-order valence-electron chi connectivity index (χ2n) is 0.101. The monoisotopic (exact) mass is 136 g/mol. The Balaban J connectivity index is 0. The van der Waals surface area contributed by atoms with Crippen molar-refractivity contribution < 1.29 is 0 Å². The normalized spacial score (nSPS) is 2.50. The minimum absolute atomic E-state index is 0. The molecule has 0 heterocycles. The maximum Gasteiger partial charge on any atom is 0.316 e. The van der Waals surface area contributed by atoms with Gasteiger partial charge in [0, 0.05) is 0 Å². The quantitative estimate of drug-likeness (QED) is 0.415. The van der Waals surface area contributed by atoms with Crippen LogP contribution in [0.15, 0.2) is 0 Å². The summed E-state index contributed by atoms with van der Waals surface area (Å²) in [6, 6.07) is 0. The molecular weight excluding hydrogens is 135 g/mol. The summed E-state index contributed by atoms with van der Waals surface area (Å²) in [6.07, 6.45) is 9.90. The Kier molecular flexibility index (Phi) is 22.4. The van der Waals surface area contributed by atoms with E-state index in [0.717, 1.165) is 0 Å². The standard InChI is InChI=1S/Ca.2ClH.Mg.2H/h;2*1H;;;/q+2;;;;;/p-2. The van der Waals surface area contributed by atoms with Crippen LogP contribution in [0.2, 0.25) is 0 Å². The molecule has 0 aliphatic heterocycles. The van der Waals surface area contributed by atoms with E-state index in [2.05, 4.69) is 0 Å². The second kappa shape index (κ2) is 9.15. The second-order valence-corrected chi connectivity index (χ2v) is 3.75. The van der Waals surface area contributed by atoms with Crippen LogP contribution < -0.4 is 0 Å². The Bertz CT molecular complexity index is 6.00. The molecule has 0 N–H and O–H groups in total. The van der Waals surface area contributed by atoms with Gasteiger partial charge in [0.2, 0.25) is 0 Å². The third-order valence-corrected chi connectivity index (χ3v) is 0. The fourth-order valence-electron chi connectivity index (χ4n) is 0. The first-order valence-corrected chi connectivity index (χ1v) is 6.61. The van der Waals surface area contributed by atoms with Crippen LogP contribution in [0, 0.1) is 0 Å². The van der Waals surface area contributed by atoms with Crippen LogP contribution in [-0.4, -0.2) is 53.9 Å². The molecule has 0 aromatic heterocycles. The van der Waals surface area contributed by atoms with Gasteiger partial charge in [0.25, 0.3) is 0 Å². The van der Waals surface area contributed by atoms with Crippen LogP contribution >= 0.6 is 12.8 Å². The van der Waals surface area contributed by atoms with E-state index in [1.807, 2.05) is 0 Å². The fourth-order valence-corrected chi connectivity index (χ4v) is 0. The summed E-state index contributed by atoms with van der Waals surface area (Å²) in [5.41, 5.74) is 0. The topological polar surface area (TPSA) is 0 Å². The van der Waals surface area contributed by atoms with Gasteiger partial charge in [-0.15, -0.1) is 0 Å². The van der Waals surface area contributed by atoms with Crippen molar-refractivity contribution >= 4 is 66.7 Å². The molecular formula is H2CaCl2Mg. The number of halogens is 2. The van der Waals surface area contributed by atoms with E-state index in [4.69, 9.17) is 12.8 Å². The van der Waals surface area contributed by atoms with Crippen LogP contribution in [0.5, 0.6) is 0 Å². The van der Waals surface area contributed by atoms with E-state index in [1.165, 1.54) is 0 Å². The maximum atomic E-state index is 4.95. The first kappa shape index (κ1) is 9.79. The zero-order chi connectivity index (χ0) is 2.71. The minimum atomic E-state index is -0.931. The summed E-state index contributed by atoms with van der Waals surface area (Å²) in [6.45, 7) is 0. The van der Waals surface area contributed by atoms with Crippen molar-refractivity contribution in [2.24, 2.45) is 0 Å². The molecule has 20 valence electrons. The molecule has 0 bridgehead atoms. The Hall–Kier alpha value is 2.61. The molecule has 0 radical (unpaired) electrons. The molecule has 0 atom stereocenters. The molecule has 0 spiro atoms. The van der Waals surface area contributed by atoms with Gasteiger partial charge in [0.05, 0.1) is 0 Å². The van der Waals surface area contributed by atoms with E-state index in [9.17, 15) is 0 Å². The predicted octanol–water partition coefficient (Wildman–Crippen LogP) is 0.0820. The van der Waals surface area contributed by atoms with Gasteiger partial charge in [-0.3, -0.25) is 0 Å². The Morgan fingerprint density at radius 1 is 1.25 bits per heavy atom. The summed E-state index contributed by atoms with van der Waals surface area (Å²) in [7, 11) is 0. The number of hydrogen-bond acceptors (Lipinski definition) is 0. The smallest absolute Gasteiger partial charge is 0.316 e. The fraction of sp³-hybridized carbons (Fsp3) is 0. The van der Waals surface area contributed by atoms with Crippen molar-refractivity contribution in [3.63, 3.8) is 0 Å². The van der Waals surface area contributed by atoms with E-state index in [-0.39, 0.29) is 23.1 Å². The van der Waals surface area contributed by atoms with Gasteiger partial charge >= 0.3 is 66.7 Å². The molecule has 0 saturated heterocycles. The maximum absolute atomic E-state index is 4.95. The van der Waals surface area contributed by atoms with Crippen molar-refractivity contribution in [1.82, 2.24) is 0 Å². The summed E-state index contributed by atoms with van der Waals surface area (Å²) in [5.74, 6) is 0. The summed E-state index contributed by atoms with van der Waals surface area (Å²) < 4.78 is 0. The zero-order valence-corrected chi connectivity index (χ0v) is 5.18. The molecule has 0 rings (SSSR count). The molecule has 0 fully saturated rings. The minimum Gasteiger partial charge on any atom is 0.316 e. The first-order valence-electron chi connectivity index (χ1n) is 0.535. The molecule has 0 saturated carbocycles. The molecule has 0 aromatic rings. The summed E-state index contributed by atoms with van der Waals surface area (Å²) in [4.78, 5) is 0. The van der Waals surface area contributed by atoms with Gasteiger partial charge in [0.1, 0.15) is 0 Å². The molecule has 0 aromatic carbocycles. The predicted molar refractivity (Wildman–Crippen MR) is 26.0 cm³/mol. The molecule has 4 heteroatoms. The van der Waals surface area contributed by atoms with Crippen LogP contribution in [0.3, 0.4) is 0 Å². The number of hydrogen-bond donors (Lipinski definition) is 0. The van der Waals surface area contributed by atoms with Crippen LogP contribution in [0.25, 0.3) is 0 Å². The largest absolute Gasteiger partial charge is 0.316 e. The third kappa shape index (κ3) is 8.82. The average Bonchev–Trinajstić information content (AvgIpc) is 0.918. The van der Waals surface area contributed by atoms with Crippen LogP contribution in [0.4, 0.5) is 0 Å². The SMILES string of the molecule is [Cl][Ca][Cl].[MgH2]. The number of rotatable bonds is 0. The molecule has 0 nitrogen and oxygen atoms in total. The van der Waals surface area contributed by atoms with Gasteiger partial charge in [-0.1, -0.05) is 0 Å². The van der Waals surface area contributed by atoms with Crippen molar-refractivity contribution in [3.8, 4) is 0 Å². The van der Waals surface area contributed by atoms with Gasteiger partial charge in [0.15, 0.2) is 0 Å². The van der Waals surface area contributed by atoms with Crippen molar-refractivity contribution in [1.29, 1.82) is 0 Å². The Morgan fingerprint density at radius 3 is 1.25 bits per heavy atom. The van der Waals surface area contributed by atoms with Crippen LogP contribution in [0.1, 0.15) is 0 Å². The molecule has 0 amide bonds. The molecule has 4 heavy (non-hydrogen) atoms. The van der Waals surface area contributed by atoms with Crippen molar-refractivity contribution in [3.05, 3.63) is 0 Å². The molecule has 0 aliphatic carbocycles. The van der Waals surface area contributed by atoms with Crippen molar-refractivity contribution in [2.75, 3.05) is 0 Å². The average molecular weight is 137 g/mol. The Morgan fingerprint density at radius 2 is 1.25 bits per heavy atom. The van der Waals surface area contributed by atoms with Gasteiger partial charge in [-0.05, 0) is 0 Å². The summed E-state index contributed by atoms with van der Waals surface area (Å²) in [5, 5.41) is 0. The summed E-state index contributed by atoms with van der Waals surface area (Å²) >= 11 is -0.931. The van der Waals surface area contributed by atoms with Crippen molar-refractivity contribution in [2.45, 2.75) is 0 Å². The third-order valence-electron chi connectivity index (χ3n) is 0. The van der Waals surface area contributed by atoms with Gasteiger partial charge in [-0.2, -0.15) is 0 Å². The van der Waals surface area contributed by atoms with E-state index >= 15 is 0 Å². The van der Waals surface area contributed by atoms with E-state index < -0.39 is 30.8 Å². The van der Waals surface area contributed by atoms with E-state index in [1.54, 1.807) is 0 Å².